The number of aryl methyl sites for hydroxylation is 11. The molecule has 124 heavy (non-hydrogen) atoms. The van der Waals surface area contributed by atoms with Crippen LogP contribution in [-0.2, 0) is 105 Å². The van der Waals surface area contributed by atoms with E-state index in [1.807, 2.05) is 55.9 Å². The molecule has 4 unspecified atom stereocenters. The molecule has 9 aliphatic rings. The number of ether oxygens (including phenoxy) is 4. The van der Waals surface area contributed by atoms with Gasteiger partial charge in [-0.15, -0.1) is 0 Å². The number of nitrogens with zero attached hydrogens (tertiary/aromatic N) is 4. The van der Waals surface area contributed by atoms with Gasteiger partial charge >= 0.3 is 48.4 Å². The van der Waals surface area contributed by atoms with Gasteiger partial charge in [0.05, 0.1) is 34.7 Å². The monoisotopic (exact) mass is 1830 g/mol. The Bertz CT molecular complexity index is 6390. The number of alkyl halides is 4. The zero-order chi connectivity index (χ0) is 95.6. The van der Waals surface area contributed by atoms with Crippen molar-refractivity contribution in [2.45, 2.75) is 208 Å². The van der Waals surface area contributed by atoms with Gasteiger partial charge in [-0.3, -0.25) is 84.0 Å². The summed E-state index contributed by atoms with van der Waals surface area (Å²) in [7, 11) is -17.7. The topological polar surface area (TPSA) is 494 Å². The van der Waals surface area contributed by atoms with E-state index in [0.29, 0.717) is 55.0 Å². The van der Waals surface area contributed by atoms with Crippen LogP contribution >= 0.6 is 31.3 Å². The van der Waals surface area contributed by atoms with Crippen LogP contribution in [0.1, 0.15) is 143 Å². The molecule has 4 fully saturated rings. The maximum absolute atomic E-state index is 15.8. The van der Waals surface area contributed by atoms with Gasteiger partial charge in [-0.05, 0) is 105 Å². The van der Waals surface area contributed by atoms with Crippen LogP contribution in [0.5, 0.6) is 23.0 Å². The van der Waals surface area contributed by atoms with Crippen LogP contribution in [0.4, 0.5) is 17.6 Å². The number of nitrogens with one attached hydrogen (secondary N) is 4. The molecule has 0 spiro atoms. The van der Waals surface area contributed by atoms with Crippen molar-refractivity contribution in [1.82, 2.24) is 38.9 Å². The number of carbonyl (C=O) groups excluding carboxylic acids is 1. The third-order valence-corrected chi connectivity index (χ3v) is 24.8. The SMILES string of the molecule is Cc1cc(C)c2c(c1)COP(=O)(OC[C@]1(F)C[C@@H](O)[C@H](n3cc(C)c(=O)[nH]c3=O)O1)O2.[2H]C([2H])(OP1(=O)OCc2cc(C)cc(C)c2O1)[C@]1(F)C[C@@H](O)[C@H](n2cc(C)c(=O)[nH]c2=O)O1.[2H]C([2H])(OP1(=O)OCc2cc(C)cc(C)c2O1)[C@]1(F)C[C@@H](O)[C@]([2H])(N2C=C(C)C(=O)NC2=C)O1.[2H][C@@]1(n2cc(C)c(=O)[nH]c2=O)O[C@](F)(COP2(=O)OCc3cc(C)cc(C)c3O2)C[C@H]1O. The number of benzene rings is 4. The summed E-state index contributed by atoms with van der Waals surface area (Å²) in [6, 6.07) is 14.3. The maximum atomic E-state index is 15.8. The lowest BCUT2D eigenvalue weighted by Crippen LogP contribution is -2.46. The second-order valence-corrected chi connectivity index (χ2v) is 36.8. The van der Waals surface area contributed by atoms with Crippen molar-refractivity contribution in [2.24, 2.45) is 0 Å². The molecule has 9 aliphatic heterocycles. The molecule has 7 aromatic rings. The standard InChI is InChI=1S/C20H24FN2O7P.3C19H22FN2O8P/c1-11-5-12(2)17-15(6-11)9-27-31(26,30-17)28-10-20(21)7-16(24)19(29-20)23-8-13(3)18(25)22-14(23)4;3*1-10-4-11(2)15-13(5-10)8-27-31(26,30-15)28-9-19(20)6-14(23)17(29-19)22-7-12(3)16(24)21-18(22)25/h5-6,8,16,19,24H,4,7,9-10H2,1-3H3,(H,22,25);3*4-5,7,14,17,23H,6,8-9H2,1-3H3,(H,21,24,25)/t16-,19-,20+,31?;3*14-,17-,19+,31?/m1111/s1/i10D2,19D;17D;9D2;. The van der Waals surface area contributed by atoms with Gasteiger partial charge < -0.3 is 67.7 Å². The highest BCUT2D eigenvalue weighted by Gasteiger charge is 2.56. The van der Waals surface area contributed by atoms with Crippen LogP contribution in [0.15, 0.2) is 120 Å². The number of phosphoric ester groups is 4. The van der Waals surface area contributed by atoms with Crippen LogP contribution in [0, 0.1) is 76.2 Å². The smallest absolute Gasteiger partial charge is 0.403 e. The molecule has 39 nitrogen and oxygen atoms in total. The minimum absolute atomic E-state index is 0.0351. The van der Waals surface area contributed by atoms with Crippen molar-refractivity contribution in [3.05, 3.63) is 237 Å². The molecule has 16 atom stereocenters. The average Bonchev–Trinajstić information content (AvgIpc) is 1.56. The summed E-state index contributed by atoms with van der Waals surface area (Å²) in [5.74, 6) is -11.8. The molecule has 8 N–H and O–H groups in total. The zero-order valence-corrected chi connectivity index (χ0v) is 71.6. The summed E-state index contributed by atoms with van der Waals surface area (Å²) in [6.45, 7) is 14.2. The van der Waals surface area contributed by atoms with E-state index in [2.05, 4.69) is 16.9 Å². The zero-order valence-electron chi connectivity index (χ0n) is 74.1. The average molecular weight is 1830 g/mol. The van der Waals surface area contributed by atoms with Crippen molar-refractivity contribution in [1.29, 1.82) is 0 Å². The number of H-pyrrole nitrogens is 3. The Morgan fingerprint density at radius 3 is 1.12 bits per heavy atom. The number of hydrogen-bond donors (Lipinski definition) is 8. The van der Waals surface area contributed by atoms with Gasteiger partial charge in [0.1, 0.15) is 79.6 Å². The van der Waals surface area contributed by atoms with Crippen molar-refractivity contribution in [3.63, 3.8) is 0 Å². The number of carbonyl (C=O) groups is 1. The van der Waals surface area contributed by atoms with Crippen LogP contribution in [0.2, 0.25) is 0 Å². The van der Waals surface area contributed by atoms with E-state index in [4.69, 9.17) is 81.5 Å². The third-order valence-electron chi connectivity index (χ3n) is 19.8. The van der Waals surface area contributed by atoms with Gasteiger partial charge in [-0.1, -0.05) is 77.4 Å². The van der Waals surface area contributed by atoms with E-state index in [1.54, 1.807) is 58.0 Å². The largest absolute Gasteiger partial charge is 0.530 e. The van der Waals surface area contributed by atoms with E-state index >= 15 is 17.6 Å². The maximum Gasteiger partial charge on any atom is 0.530 e. The molecular formula is C77H90F4N8O31P4. The molecule has 0 aliphatic carbocycles. The molecule has 3 aromatic heterocycles. The minimum Gasteiger partial charge on any atom is -0.403 e. The molecule has 1 amide bonds. The molecule has 0 bridgehead atoms. The number of halogens is 4. The molecule has 12 heterocycles. The van der Waals surface area contributed by atoms with Crippen LogP contribution in [0.25, 0.3) is 0 Å². The predicted molar refractivity (Wildman–Crippen MR) is 424 cm³/mol. The number of fused-ring (bicyclic) bond motifs is 4. The van der Waals surface area contributed by atoms with E-state index < -0.39 is 196 Å². The summed E-state index contributed by atoms with van der Waals surface area (Å²) in [6.07, 6.45) is -14.2. The fraction of sp³-hybridized carbons (Fsp3) is 0.468. The number of aliphatic hydroxyl groups excluding tert-OH is 4. The second kappa shape index (κ2) is 35.2. The molecule has 672 valence electrons. The van der Waals surface area contributed by atoms with E-state index in [9.17, 15) is 72.2 Å². The normalized spacial score (nSPS) is 32.9. The summed E-state index contributed by atoms with van der Waals surface area (Å²) in [5, 5.41) is 43.7. The van der Waals surface area contributed by atoms with Crippen LogP contribution < -0.4 is 57.2 Å². The Morgan fingerprint density at radius 1 is 0.435 bits per heavy atom. The Balaban J connectivity index is 0.000000148. The van der Waals surface area contributed by atoms with Gasteiger partial charge in [0, 0.05) is 95.0 Å². The lowest BCUT2D eigenvalue weighted by Gasteiger charge is -2.34. The van der Waals surface area contributed by atoms with Crippen molar-refractivity contribution in [3.8, 4) is 23.0 Å². The number of aromatic amines is 3. The first-order valence-electron chi connectivity index (χ1n) is 40.7. The van der Waals surface area contributed by atoms with Crippen LogP contribution in [-0.4, -0.2) is 140 Å². The van der Waals surface area contributed by atoms with E-state index in [-0.39, 0.29) is 66.0 Å². The highest BCUT2D eigenvalue weighted by molar-refractivity contribution is 7.49. The van der Waals surface area contributed by atoms with E-state index in [1.165, 1.54) is 33.9 Å². The minimum atomic E-state index is -4.67. The Morgan fingerprint density at radius 2 is 0.734 bits per heavy atom. The molecule has 0 radical (unpaired) electrons. The first-order chi connectivity index (χ1) is 60.1. The summed E-state index contributed by atoms with van der Waals surface area (Å²) in [5.41, 5.74) is 4.44. The lowest BCUT2D eigenvalue weighted by atomic mass is 10.1. The van der Waals surface area contributed by atoms with Crippen molar-refractivity contribution < 1.29 is 142 Å². The van der Waals surface area contributed by atoms with Crippen molar-refractivity contribution >= 4 is 37.2 Å². The number of phosphoric acid groups is 4. The Kier molecular flexibility index (Phi) is 24.0. The van der Waals surface area contributed by atoms with Gasteiger partial charge in [0.2, 0.25) is 23.4 Å². The molecule has 0 saturated carbocycles. The highest BCUT2D eigenvalue weighted by Crippen LogP contribution is 2.61. The molecular weight excluding hydrogens is 1730 g/mol. The molecule has 47 heteroatoms. The Labute approximate surface area is 710 Å². The lowest BCUT2D eigenvalue weighted by molar-refractivity contribution is -0.184. The van der Waals surface area contributed by atoms with E-state index in [0.717, 1.165) is 60.4 Å². The number of aliphatic hydroxyl groups is 4. The first kappa shape index (κ1) is 84.4. The van der Waals surface area contributed by atoms with Crippen molar-refractivity contribution in [2.75, 3.05) is 26.3 Å². The van der Waals surface area contributed by atoms with Crippen LogP contribution in [0.3, 0.4) is 0 Å². The number of amides is 1. The highest BCUT2D eigenvalue weighted by atomic mass is 31.2. The second-order valence-electron chi connectivity index (χ2n) is 30.5. The van der Waals surface area contributed by atoms with Gasteiger partial charge in [0.25, 0.3) is 22.6 Å². The van der Waals surface area contributed by atoms with Gasteiger partial charge in [0.15, 0.2) is 24.9 Å². The van der Waals surface area contributed by atoms with Gasteiger partial charge in [-0.2, -0.15) is 0 Å². The Hall–Kier alpha value is -9.13. The number of rotatable bonds is 16. The summed E-state index contributed by atoms with van der Waals surface area (Å²) >= 11 is 0. The summed E-state index contributed by atoms with van der Waals surface area (Å²) in [4.78, 5) is 89.6. The predicted octanol–water partition coefficient (Wildman–Crippen LogP) is 9.34. The number of aromatic nitrogens is 6. The first-order valence-corrected chi connectivity index (χ1v) is 43.6. The molecule has 4 aromatic carbocycles. The fourth-order valence-corrected chi connectivity index (χ4v) is 19.1. The number of hydrogen-bond acceptors (Lipinski definition) is 32. The quantitative estimate of drug-likeness (QED) is 0.0330. The fourth-order valence-electron chi connectivity index (χ4n) is 14.1. The summed E-state index contributed by atoms with van der Waals surface area (Å²) < 4.78 is 248. The third kappa shape index (κ3) is 20.4. The van der Waals surface area contributed by atoms with Gasteiger partial charge in [-0.25, -0.2) is 50.2 Å². The molecule has 4 saturated heterocycles. The molecule has 16 rings (SSSR count).